The van der Waals surface area contributed by atoms with Crippen molar-refractivity contribution in [2.75, 3.05) is 13.1 Å². The van der Waals surface area contributed by atoms with Crippen LogP contribution < -0.4 is 14.9 Å². The lowest BCUT2D eigenvalue weighted by Gasteiger charge is -2.37. The van der Waals surface area contributed by atoms with Gasteiger partial charge in [0.1, 0.15) is 17.5 Å². The number of aromatic nitrogens is 2. The van der Waals surface area contributed by atoms with Crippen LogP contribution in [0.2, 0.25) is 10.0 Å². The smallest absolute Gasteiger partial charge is 0.393 e. The van der Waals surface area contributed by atoms with Gasteiger partial charge in [0.05, 0.1) is 27.9 Å². The number of esters is 1. The molecule has 248 valence electrons. The van der Waals surface area contributed by atoms with Crippen LogP contribution in [0.1, 0.15) is 60.0 Å². The molecule has 47 heavy (non-hydrogen) atoms. The zero-order chi connectivity index (χ0) is 33.7. The zero-order valence-corrected chi connectivity index (χ0v) is 28.6. The van der Waals surface area contributed by atoms with Gasteiger partial charge in [0.25, 0.3) is 5.91 Å². The van der Waals surface area contributed by atoms with E-state index in [0.29, 0.717) is 37.2 Å². The molecular formula is C33H36Cl2N5O6P. The summed E-state index contributed by atoms with van der Waals surface area (Å²) in [7, 11) is -3.85. The highest BCUT2D eigenvalue weighted by atomic mass is 35.5. The molecular weight excluding hydrogens is 664 g/mol. The molecule has 1 fully saturated rings. The fourth-order valence-corrected chi connectivity index (χ4v) is 8.12. The van der Waals surface area contributed by atoms with Gasteiger partial charge in [-0.05, 0) is 57.2 Å². The lowest BCUT2D eigenvalue weighted by Crippen LogP contribution is -2.47. The molecule has 0 saturated carbocycles. The van der Waals surface area contributed by atoms with Gasteiger partial charge in [-0.25, -0.2) is 14.3 Å². The molecule has 1 aliphatic heterocycles. The number of benzene rings is 3. The molecule has 5 rings (SSSR count). The second-order valence-electron chi connectivity index (χ2n) is 11.6. The number of hydrogen-bond donors (Lipinski definition) is 3. The van der Waals surface area contributed by atoms with Crippen molar-refractivity contribution in [3.8, 4) is 5.75 Å². The lowest BCUT2D eigenvalue weighted by atomic mass is 10.0. The summed E-state index contributed by atoms with van der Waals surface area (Å²) in [6.07, 6.45) is 1.85. The molecule has 0 spiro atoms. The predicted molar refractivity (Wildman–Crippen MR) is 181 cm³/mol. The van der Waals surface area contributed by atoms with E-state index in [4.69, 9.17) is 32.5 Å². The van der Waals surface area contributed by atoms with Gasteiger partial charge < -0.3 is 14.6 Å². The molecule has 0 radical (unpaired) electrons. The summed E-state index contributed by atoms with van der Waals surface area (Å²) in [5.41, 5.74) is 0.750. The predicted octanol–water partition coefficient (Wildman–Crippen LogP) is 6.61. The summed E-state index contributed by atoms with van der Waals surface area (Å²) in [6, 6.07) is 16.7. The van der Waals surface area contributed by atoms with Crippen LogP contribution in [0.25, 0.3) is 10.8 Å². The number of ketones is 1. The summed E-state index contributed by atoms with van der Waals surface area (Å²) in [4.78, 5) is 39.0. The number of rotatable bonds is 12. The Morgan fingerprint density at radius 3 is 2.36 bits per heavy atom. The highest BCUT2D eigenvalue weighted by Gasteiger charge is 2.40. The van der Waals surface area contributed by atoms with E-state index >= 15 is 0 Å². The van der Waals surface area contributed by atoms with Gasteiger partial charge in [0.15, 0.2) is 5.78 Å². The summed E-state index contributed by atoms with van der Waals surface area (Å²) in [5, 5.41) is 14.8. The van der Waals surface area contributed by atoms with Gasteiger partial charge in [0, 0.05) is 36.5 Å². The first-order chi connectivity index (χ1) is 22.4. The second kappa shape index (κ2) is 15.0. The Morgan fingerprint density at radius 1 is 1.00 bits per heavy atom. The first kappa shape index (κ1) is 34.6. The summed E-state index contributed by atoms with van der Waals surface area (Å²) >= 11 is 12.4. The Balaban J connectivity index is 1.28. The van der Waals surface area contributed by atoms with Gasteiger partial charge in [-0.2, -0.15) is 5.10 Å². The number of nitrogens with zero attached hydrogens (tertiary/aromatic N) is 2. The molecule has 3 N–H and O–H groups in total. The van der Waals surface area contributed by atoms with E-state index in [1.807, 2.05) is 36.4 Å². The molecule has 4 aromatic rings. The van der Waals surface area contributed by atoms with Gasteiger partial charge in [-0.15, -0.1) is 0 Å². The van der Waals surface area contributed by atoms with Gasteiger partial charge >= 0.3 is 13.6 Å². The van der Waals surface area contributed by atoms with Crippen LogP contribution >= 0.6 is 30.9 Å². The van der Waals surface area contributed by atoms with Gasteiger partial charge in [-0.1, -0.05) is 65.7 Å². The summed E-state index contributed by atoms with van der Waals surface area (Å²) in [6.45, 7) is 5.67. The van der Waals surface area contributed by atoms with Crippen molar-refractivity contribution in [3.63, 3.8) is 0 Å². The van der Waals surface area contributed by atoms with E-state index in [9.17, 15) is 18.9 Å². The minimum atomic E-state index is -3.85. The Morgan fingerprint density at radius 2 is 1.66 bits per heavy atom. The summed E-state index contributed by atoms with van der Waals surface area (Å²) in [5.74, 6) is -0.898. The highest BCUT2D eigenvalue weighted by molar-refractivity contribution is 7.54. The minimum absolute atomic E-state index is 0.126. The molecule has 0 bridgehead atoms. The lowest BCUT2D eigenvalue weighted by molar-refractivity contribution is -0.149. The number of fused-ring (bicyclic) bond motifs is 1. The van der Waals surface area contributed by atoms with E-state index < -0.39 is 25.6 Å². The van der Waals surface area contributed by atoms with Crippen molar-refractivity contribution in [3.05, 3.63) is 93.7 Å². The molecule has 1 saturated heterocycles. The zero-order valence-electron chi connectivity index (χ0n) is 26.2. The van der Waals surface area contributed by atoms with E-state index in [0.717, 1.165) is 10.8 Å². The molecule has 1 aliphatic rings. The molecule has 1 aromatic heterocycles. The number of ether oxygens (including phenoxy) is 1. The molecule has 14 heteroatoms. The molecule has 0 aliphatic carbocycles. The standard InChI is InChI=1S/C33H36Cl2N5O6P/c1-20(2)45-33(43)21(3)39-47(44,46-29-13-6-9-22-8-4-5-10-25(22)29)40-16-14-24(15-17-40)37-32(42)31-23(19-36-38-31)18-28(41)30-26(34)11-7-12-27(30)35/h4-13,19-21,24H,14-18H2,1-3H3,(H,36,38)(H,37,42)(H,39,44)/t21-,47?/m0/s1. The van der Waals surface area contributed by atoms with Crippen molar-refractivity contribution >= 4 is 59.3 Å². The Labute approximate surface area is 282 Å². The van der Waals surface area contributed by atoms with Crippen molar-refractivity contribution in [2.45, 2.75) is 58.2 Å². The third kappa shape index (κ3) is 8.23. The fraction of sp³-hybridized carbons (Fsp3) is 0.333. The number of hydrogen-bond acceptors (Lipinski definition) is 7. The number of carbonyl (C=O) groups excluding carboxylic acids is 3. The van der Waals surface area contributed by atoms with Crippen LogP contribution in [0.5, 0.6) is 5.75 Å². The van der Waals surface area contributed by atoms with Crippen molar-refractivity contribution in [1.29, 1.82) is 0 Å². The molecule has 1 amide bonds. The molecule has 2 atom stereocenters. The molecule has 2 heterocycles. The average molecular weight is 701 g/mol. The number of piperidine rings is 1. The molecule has 11 nitrogen and oxygen atoms in total. The number of H-pyrrole nitrogens is 1. The van der Waals surface area contributed by atoms with Gasteiger partial charge in [0.2, 0.25) is 0 Å². The van der Waals surface area contributed by atoms with Crippen molar-refractivity contribution in [1.82, 2.24) is 25.3 Å². The topological polar surface area (TPSA) is 143 Å². The van der Waals surface area contributed by atoms with E-state index in [1.54, 1.807) is 49.7 Å². The number of halogens is 2. The van der Waals surface area contributed by atoms with E-state index in [2.05, 4.69) is 20.6 Å². The van der Waals surface area contributed by atoms with Crippen molar-refractivity contribution < 1.29 is 28.2 Å². The van der Waals surface area contributed by atoms with E-state index in [1.165, 1.54) is 6.20 Å². The third-order valence-corrected chi connectivity index (χ3v) is 10.7. The van der Waals surface area contributed by atoms with Crippen LogP contribution in [0.15, 0.2) is 66.9 Å². The van der Waals surface area contributed by atoms with Crippen LogP contribution in [0.4, 0.5) is 0 Å². The molecule has 3 aromatic carbocycles. The quantitative estimate of drug-likeness (QED) is 0.0846. The highest BCUT2D eigenvalue weighted by Crippen LogP contribution is 2.50. The van der Waals surface area contributed by atoms with Crippen LogP contribution in [0.3, 0.4) is 0 Å². The third-order valence-electron chi connectivity index (χ3n) is 7.75. The fourth-order valence-electron chi connectivity index (χ4n) is 5.40. The normalized spacial score (nSPS) is 16.0. The number of aromatic amines is 1. The number of carbonyl (C=O) groups is 3. The van der Waals surface area contributed by atoms with Gasteiger partial charge in [-0.3, -0.25) is 19.5 Å². The summed E-state index contributed by atoms with van der Waals surface area (Å²) < 4.78 is 27.9. The Bertz CT molecular complexity index is 1800. The van der Waals surface area contributed by atoms with Crippen LogP contribution in [-0.2, 0) is 20.5 Å². The van der Waals surface area contributed by atoms with Crippen molar-refractivity contribution in [2.24, 2.45) is 0 Å². The second-order valence-corrected chi connectivity index (χ2v) is 14.5. The number of nitrogens with one attached hydrogen (secondary N) is 3. The average Bonchev–Trinajstić information content (AvgIpc) is 3.49. The maximum absolute atomic E-state index is 14.6. The number of amides is 1. The Kier molecular flexibility index (Phi) is 11.0. The first-order valence-corrected chi connectivity index (χ1v) is 17.6. The van der Waals surface area contributed by atoms with E-state index in [-0.39, 0.29) is 45.7 Å². The monoisotopic (exact) mass is 699 g/mol. The first-order valence-electron chi connectivity index (χ1n) is 15.3. The SMILES string of the molecule is CC(C)OC(=O)[C@H](C)NP(=O)(Oc1cccc2ccccc12)N1CCC(NC(=O)c2[nH]ncc2CC(=O)c2c(Cl)cccc2Cl)CC1. The number of Topliss-reactive ketones (excluding diaryl/α,β-unsaturated/α-hetero) is 1. The molecule has 1 unspecified atom stereocenters. The minimum Gasteiger partial charge on any atom is -0.462 e. The largest absolute Gasteiger partial charge is 0.462 e. The maximum Gasteiger partial charge on any atom is 0.393 e. The maximum atomic E-state index is 14.6. The van der Waals surface area contributed by atoms with Crippen LogP contribution in [-0.4, -0.2) is 63.8 Å². The Hall–Kier alpha value is -3.73. The van der Waals surface area contributed by atoms with Crippen LogP contribution in [0, 0.1) is 0 Å².